The van der Waals surface area contributed by atoms with Crippen LogP contribution in [0.1, 0.15) is 31.1 Å². The molecule has 7 heteroatoms. The number of hydrogen-bond donors (Lipinski definition) is 2. The summed E-state index contributed by atoms with van der Waals surface area (Å²) in [7, 11) is 3.09. The summed E-state index contributed by atoms with van der Waals surface area (Å²) in [5.41, 5.74) is 1.43. The molecule has 2 aromatic rings. The molecule has 6 nitrogen and oxygen atoms in total. The normalized spacial score (nSPS) is 11.0. The molecule has 134 valence electrons. The predicted molar refractivity (Wildman–Crippen MR) is 99.3 cm³/mol. The first-order valence-corrected chi connectivity index (χ1v) is 8.07. The number of benzene rings is 1. The molecule has 0 saturated carbocycles. The fraction of sp³-hybridized carbons (Fsp3) is 0.333. The summed E-state index contributed by atoms with van der Waals surface area (Å²) < 4.78 is 10.6. The van der Waals surface area contributed by atoms with Crippen molar-refractivity contribution in [1.82, 2.24) is 10.3 Å². The van der Waals surface area contributed by atoms with Crippen LogP contribution in [-0.4, -0.2) is 30.6 Å². The highest BCUT2D eigenvalue weighted by Crippen LogP contribution is 2.37. The third-order valence-electron chi connectivity index (χ3n) is 3.24. The van der Waals surface area contributed by atoms with E-state index in [1.54, 1.807) is 31.5 Å². The molecule has 0 fully saturated rings. The number of pyridine rings is 1. The zero-order valence-corrected chi connectivity index (χ0v) is 15.7. The van der Waals surface area contributed by atoms with Gasteiger partial charge in [-0.15, -0.1) is 0 Å². The number of nitrogens with one attached hydrogen (secondary N) is 2. The molecular formula is C18H22ClN3O3. The lowest BCUT2D eigenvalue weighted by Gasteiger charge is -2.20. The number of nitrogens with zero attached hydrogens (tertiary/aromatic N) is 1. The van der Waals surface area contributed by atoms with Gasteiger partial charge >= 0.3 is 0 Å². The number of hydrogen-bond acceptors (Lipinski definition) is 5. The molecule has 0 atom stereocenters. The van der Waals surface area contributed by atoms with Crippen LogP contribution in [0.25, 0.3) is 0 Å². The van der Waals surface area contributed by atoms with Gasteiger partial charge in [-0.3, -0.25) is 9.78 Å². The van der Waals surface area contributed by atoms with E-state index in [0.29, 0.717) is 33.5 Å². The average molecular weight is 364 g/mol. The lowest BCUT2D eigenvalue weighted by molar-refractivity contribution is 0.0919. The topological polar surface area (TPSA) is 72.5 Å². The molecule has 1 amide bonds. The Hall–Kier alpha value is -2.47. The highest BCUT2D eigenvalue weighted by molar-refractivity contribution is 6.32. The van der Waals surface area contributed by atoms with Gasteiger partial charge in [0, 0.05) is 23.9 Å². The van der Waals surface area contributed by atoms with Crippen molar-refractivity contribution in [3.63, 3.8) is 0 Å². The van der Waals surface area contributed by atoms with E-state index in [2.05, 4.69) is 15.6 Å². The van der Waals surface area contributed by atoms with Gasteiger partial charge in [0.05, 0.1) is 42.4 Å². The van der Waals surface area contributed by atoms with E-state index in [9.17, 15) is 4.79 Å². The van der Waals surface area contributed by atoms with E-state index in [-0.39, 0.29) is 11.4 Å². The number of aromatic nitrogens is 1. The minimum atomic E-state index is -0.326. The van der Waals surface area contributed by atoms with Crippen molar-refractivity contribution >= 4 is 28.9 Å². The Balaban J connectivity index is 2.29. The van der Waals surface area contributed by atoms with Crippen molar-refractivity contribution in [2.45, 2.75) is 26.3 Å². The summed E-state index contributed by atoms with van der Waals surface area (Å²) in [6.45, 7) is 5.77. The van der Waals surface area contributed by atoms with Gasteiger partial charge in [-0.05, 0) is 26.8 Å². The third kappa shape index (κ3) is 5.00. The lowest BCUT2D eigenvalue weighted by Crippen LogP contribution is -2.40. The van der Waals surface area contributed by atoms with Crippen LogP contribution in [-0.2, 0) is 0 Å². The van der Waals surface area contributed by atoms with Gasteiger partial charge in [-0.1, -0.05) is 11.6 Å². The molecule has 2 rings (SSSR count). The summed E-state index contributed by atoms with van der Waals surface area (Å²) >= 11 is 6.11. The van der Waals surface area contributed by atoms with Gasteiger partial charge in [0.2, 0.25) is 0 Å². The molecule has 0 aliphatic carbocycles. The standard InChI is InChI=1S/C18H22ClN3O3/c1-18(2,3)22-17(23)11-6-12(10-20-9-11)21-14-8-15(24-4)13(19)7-16(14)25-5/h6-10,21H,1-5H3,(H,22,23). The van der Waals surface area contributed by atoms with Gasteiger partial charge in [-0.25, -0.2) is 0 Å². The summed E-state index contributed by atoms with van der Waals surface area (Å²) in [5.74, 6) is 0.874. The van der Waals surface area contributed by atoms with Crippen molar-refractivity contribution in [3.05, 3.63) is 41.2 Å². The van der Waals surface area contributed by atoms with E-state index in [4.69, 9.17) is 21.1 Å². The molecule has 1 aromatic carbocycles. The zero-order chi connectivity index (χ0) is 18.6. The first-order chi connectivity index (χ1) is 11.7. The molecule has 25 heavy (non-hydrogen) atoms. The number of anilines is 2. The highest BCUT2D eigenvalue weighted by Gasteiger charge is 2.16. The molecule has 0 aliphatic heterocycles. The third-order valence-corrected chi connectivity index (χ3v) is 3.54. The van der Waals surface area contributed by atoms with Gasteiger partial charge in [-0.2, -0.15) is 0 Å². The largest absolute Gasteiger partial charge is 0.495 e. The van der Waals surface area contributed by atoms with Crippen LogP contribution in [0.15, 0.2) is 30.6 Å². The smallest absolute Gasteiger partial charge is 0.253 e. The van der Waals surface area contributed by atoms with Gasteiger partial charge in [0.25, 0.3) is 5.91 Å². The Bertz CT molecular complexity index is 773. The quantitative estimate of drug-likeness (QED) is 0.839. The van der Waals surface area contributed by atoms with Crippen LogP contribution in [0.2, 0.25) is 5.02 Å². The Morgan fingerprint density at radius 1 is 1.08 bits per heavy atom. The Kier molecular flexibility index (Phi) is 5.74. The Morgan fingerprint density at radius 2 is 1.76 bits per heavy atom. The predicted octanol–water partition coefficient (Wildman–Crippen LogP) is 4.02. The maximum absolute atomic E-state index is 12.3. The van der Waals surface area contributed by atoms with Crippen molar-refractivity contribution in [3.8, 4) is 11.5 Å². The molecule has 0 unspecified atom stereocenters. The Morgan fingerprint density at radius 3 is 2.36 bits per heavy atom. The molecule has 0 bridgehead atoms. The fourth-order valence-corrected chi connectivity index (χ4v) is 2.39. The van der Waals surface area contributed by atoms with Crippen LogP contribution < -0.4 is 20.1 Å². The van der Waals surface area contributed by atoms with E-state index in [1.807, 2.05) is 20.8 Å². The highest BCUT2D eigenvalue weighted by atomic mass is 35.5. The maximum Gasteiger partial charge on any atom is 0.253 e. The van der Waals surface area contributed by atoms with Crippen LogP contribution in [0.3, 0.4) is 0 Å². The summed E-state index contributed by atoms with van der Waals surface area (Å²) in [6, 6.07) is 5.10. The van der Waals surface area contributed by atoms with E-state index < -0.39 is 0 Å². The van der Waals surface area contributed by atoms with Crippen LogP contribution >= 0.6 is 11.6 Å². The fourth-order valence-electron chi connectivity index (χ4n) is 2.16. The van der Waals surface area contributed by atoms with E-state index in [0.717, 1.165) is 0 Å². The van der Waals surface area contributed by atoms with Crippen LogP contribution in [0.4, 0.5) is 11.4 Å². The van der Waals surface area contributed by atoms with Gasteiger partial charge in [0.1, 0.15) is 11.5 Å². The van der Waals surface area contributed by atoms with Crippen LogP contribution in [0, 0.1) is 0 Å². The van der Waals surface area contributed by atoms with E-state index in [1.165, 1.54) is 13.3 Å². The minimum absolute atomic E-state index is 0.190. The van der Waals surface area contributed by atoms with Crippen LogP contribution in [0.5, 0.6) is 11.5 Å². The molecule has 2 N–H and O–H groups in total. The van der Waals surface area contributed by atoms with Crippen molar-refractivity contribution < 1.29 is 14.3 Å². The van der Waals surface area contributed by atoms with Gasteiger partial charge in [0.15, 0.2) is 0 Å². The molecule has 0 radical (unpaired) electrons. The number of methoxy groups -OCH3 is 2. The first-order valence-electron chi connectivity index (χ1n) is 7.69. The summed E-state index contributed by atoms with van der Waals surface area (Å²) in [6.07, 6.45) is 3.14. The van der Waals surface area contributed by atoms with Crippen molar-refractivity contribution in [2.24, 2.45) is 0 Å². The van der Waals surface area contributed by atoms with E-state index >= 15 is 0 Å². The SMILES string of the molecule is COc1cc(Nc2cncc(C(=O)NC(C)(C)C)c2)c(OC)cc1Cl. The zero-order valence-electron chi connectivity index (χ0n) is 14.9. The van der Waals surface area contributed by atoms with Crippen molar-refractivity contribution in [1.29, 1.82) is 0 Å². The molecule has 1 heterocycles. The maximum atomic E-state index is 12.3. The molecule has 0 aliphatic rings. The Labute approximate surface area is 152 Å². The molecular weight excluding hydrogens is 342 g/mol. The number of ether oxygens (including phenoxy) is 2. The first kappa shape index (κ1) is 18.9. The molecule has 1 aromatic heterocycles. The minimum Gasteiger partial charge on any atom is -0.495 e. The molecule has 0 spiro atoms. The van der Waals surface area contributed by atoms with Gasteiger partial charge < -0.3 is 20.1 Å². The number of carbonyl (C=O) groups excluding carboxylic acids is 1. The molecule has 0 saturated heterocycles. The second-order valence-electron chi connectivity index (χ2n) is 6.48. The summed E-state index contributed by atoms with van der Waals surface area (Å²) in [5, 5.41) is 6.53. The second kappa shape index (κ2) is 7.61. The van der Waals surface area contributed by atoms with Crippen molar-refractivity contribution in [2.75, 3.05) is 19.5 Å². The monoisotopic (exact) mass is 363 g/mol. The number of rotatable bonds is 5. The number of halogens is 1. The second-order valence-corrected chi connectivity index (χ2v) is 6.89. The average Bonchev–Trinajstić information content (AvgIpc) is 2.54. The summed E-state index contributed by atoms with van der Waals surface area (Å²) in [4.78, 5) is 16.4. The lowest BCUT2D eigenvalue weighted by atomic mass is 10.1. The number of carbonyl (C=O) groups is 1. The number of amides is 1.